The number of nitrogens with one attached hydrogen (secondary N) is 1. The molecule has 1 aliphatic heterocycles. The lowest BCUT2D eigenvalue weighted by molar-refractivity contribution is -0.130. The number of anilines is 1. The fourth-order valence-electron chi connectivity index (χ4n) is 2.39. The molecule has 2 aromatic rings. The van der Waals surface area contributed by atoms with E-state index in [1.54, 1.807) is 30.3 Å². The third-order valence-electron chi connectivity index (χ3n) is 3.77. The van der Waals surface area contributed by atoms with Gasteiger partial charge in [-0.25, -0.2) is 0 Å². The molecule has 3 rings (SSSR count). The highest BCUT2D eigenvalue weighted by Gasteiger charge is 2.38. The van der Waals surface area contributed by atoms with Gasteiger partial charge in [-0.15, -0.1) is 0 Å². The van der Waals surface area contributed by atoms with Gasteiger partial charge in [0.2, 0.25) is 5.91 Å². The van der Waals surface area contributed by atoms with E-state index in [9.17, 15) is 9.59 Å². The fourth-order valence-corrected chi connectivity index (χ4v) is 3.10. The van der Waals surface area contributed by atoms with Crippen LogP contribution < -0.4 is 10.2 Å². The maximum absolute atomic E-state index is 12.8. The van der Waals surface area contributed by atoms with E-state index in [2.05, 4.69) is 26.2 Å². The van der Waals surface area contributed by atoms with Crippen LogP contribution in [0.15, 0.2) is 51.9 Å². The molecule has 26 heavy (non-hydrogen) atoms. The summed E-state index contributed by atoms with van der Waals surface area (Å²) in [7, 11) is 0. The molecule has 2 amide bonds. The van der Waals surface area contributed by atoms with Gasteiger partial charge in [-0.1, -0.05) is 29.3 Å². The Kier molecular flexibility index (Phi) is 5.50. The minimum absolute atomic E-state index is 0.0557. The van der Waals surface area contributed by atoms with Gasteiger partial charge >= 0.3 is 0 Å². The second-order valence-corrected chi connectivity index (χ2v) is 7.31. The SMILES string of the molecule is Cc1ccc(N2C(=O)C(C=Nc3ccc(Br)c(Cl)c3)C(=O)NC2=S)cc1. The molecule has 1 heterocycles. The van der Waals surface area contributed by atoms with Gasteiger partial charge in [0.15, 0.2) is 11.0 Å². The van der Waals surface area contributed by atoms with E-state index < -0.39 is 17.7 Å². The van der Waals surface area contributed by atoms with E-state index in [4.69, 9.17) is 23.8 Å². The summed E-state index contributed by atoms with van der Waals surface area (Å²) in [5.41, 5.74) is 2.18. The summed E-state index contributed by atoms with van der Waals surface area (Å²) in [6.07, 6.45) is 1.31. The van der Waals surface area contributed by atoms with Crippen molar-refractivity contribution in [3.05, 3.63) is 57.5 Å². The number of benzene rings is 2. The Morgan fingerprint density at radius 1 is 1.23 bits per heavy atom. The van der Waals surface area contributed by atoms with Crippen molar-refractivity contribution in [2.24, 2.45) is 10.9 Å². The van der Waals surface area contributed by atoms with Gasteiger partial charge in [0, 0.05) is 10.7 Å². The van der Waals surface area contributed by atoms with E-state index in [0.29, 0.717) is 16.4 Å². The first-order chi connectivity index (χ1) is 12.4. The van der Waals surface area contributed by atoms with Crippen molar-refractivity contribution >= 4 is 74.3 Å². The third-order valence-corrected chi connectivity index (χ3v) is 5.29. The lowest BCUT2D eigenvalue weighted by Gasteiger charge is -2.30. The Labute approximate surface area is 169 Å². The summed E-state index contributed by atoms with van der Waals surface area (Å²) in [6.45, 7) is 1.95. The number of amides is 2. The van der Waals surface area contributed by atoms with Crippen molar-refractivity contribution in [2.45, 2.75) is 6.92 Å². The molecule has 132 valence electrons. The molecule has 1 saturated heterocycles. The average Bonchev–Trinajstić information content (AvgIpc) is 2.59. The van der Waals surface area contributed by atoms with Crippen LogP contribution >= 0.6 is 39.7 Å². The van der Waals surface area contributed by atoms with Crippen LogP contribution in [0.2, 0.25) is 5.02 Å². The maximum atomic E-state index is 12.8. The molecule has 0 bridgehead atoms. The fraction of sp³-hybridized carbons (Fsp3) is 0.111. The van der Waals surface area contributed by atoms with Gasteiger partial charge in [0.25, 0.3) is 5.91 Å². The zero-order chi connectivity index (χ0) is 18.8. The Hall–Kier alpha value is -2.09. The number of rotatable bonds is 3. The number of carbonyl (C=O) groups is 2. The molecule has 1 N–H and O–H groups in total. The predicted molar refractivity (Wildman–Crippen MR) is 110 cm³/mol. The Balaban J connectivity index is 1.88. The van der Waals surface area contributed by atoms with Crippen LogP contribution in [0.3, 0.4) is 0 Å². The van der Waals surface area contributed by atoms with Crippen molar-refractivity contribution in [3.8, 4) is 0 Å². The summed E-state index contributed by atoms with van der Waals surface area (Å²) in [4.78, 5) is 30.6. The van der Waals surface area contributed by atoms with Crippen LogP contribution in [0, 0.1) is 12.8 Å². The highest BCUT2D eigenvalue weighted by atomic mass is 79.9. The van der Waals surface area contributed by atoms with Crippen molar-refractivity contribution in [1.82, 2.24) is 5.32 Å². The molecular weight excluding hydrogens is 438 g/mol. The Morgan fingerprint density at radius 2 is 1.92 bits per heavy atom. The lowest BCUT2D eigenvalue weighted by atomic mass is 10.1. The van der Waals surface area contributed by atoms with Gasteiger partial charge in [-0.2, -0.15) is 0 Å². The van der Waals surface area contributed by atoms with Gasteiger partial charge < -0.3 is 5.32 Å². The molecule has 1 fully saturated rings. The van der Waals surface area contributed by atoms with Gasteiger partial charge in [-0.3, -0.25) is 19.5 Å². The highest BCUT2D eigenvalue weighted by molar-refractivity contribution is 9.10. The van der Waals surface area contributed by atoms with E-state index in [-0.39, 0.29) is 5.11 Å². The average molecular weight is 451 g/mol. The second-order valence-electron chi connectivity index (χ2n) is 5.66. The van der Waals surface area contributed by atoms with Crippen molar-refractivity contribution in [1.29, 1.82) is 0 Å². The standard InChI is InChI=1S/C18H13BrClN3O2S/c1-10-2-5-12(6-3-10)23-17(25)13(16(24)22-18(23)26)9-21-11-4-7-14(19)15(20)8-11/h2-9,13H,1H3,(H,22,24,26). The van der Waals surface area contributed by atoms with E-state index in [0.717, 1.165) is 10.0 Å². The minimum atomic E-state index is -1.08. The largest absolute Gasteiger partial charge is 0.301 e. The first kappa shape index (κ1) is 18.7. The van der Waals surface area contributed by atoms with Gasteiger partial charge in [-0.05, 0) is 65.4 Å². The number of aryl methyl sites for hydroxylation is 1. The predicted octanol–water partition coefficient (Wildman–Crippen LogP) is 4.18. The van der Waals surface area contributed by atoms with E-state index in [1.807, 2.05) is 19.1 Å². The van der Waals surface area contributed by atoms with Crippen LogP contribution in [0.4, 0.5) is 11.4 Å². The first-order valence-electron chi connectivity index (χ1n) is 7.61. The molecule has 1 unspecified atom stereocenters. The van der Waals surface area contributed by atoms with Crippen LogP contribution in [0.5, 0.6) is 0 Å². The molecule has 5 nitrogen and oxygen atoms in total. The summed E-state index contributed by atoms with van der Waals surface area (Å²) in [6, 6.07) is 12.4. The molecule has 1 aliphatic rings. The summed E-state index contributed by atoms with van der Waals surface area (Å²) < 4.78 is 0.737. The smallest absolute Gasteiger partial charge is 0.251 e. The molecule has 0 aliphatic carbocycles. The van der Waals surface area contributed by atoms with Crippen LogP contribution in [-0.4, -0.2) is 23.1 Å². The molecule has 0 aromatic heterocycles. The zero-order valence-corrected chi connectivity index (χ0v) is 16.7. The summed E-state index contributed by atoms with van der Waals surface area (Å²) >= 11 is 14.5. The molecule has 8 heteroatoms. The number of thiocarbonyl (C=S) groups is 1. The minimum Gasteiger partial charge on any atom is -0.301 e. The number of hydrogen-bond acceptors (Lipinski definition) is 4. The third kappa shape index (κ3) is 3.85. The molecule has 0 radical (unpaired) electrons. The van der Waals surface area contributed by atoms with Crippen molar-refractivity contribution in [3.63, 3.8) is 0 Å². The van der Waals surface area contributed by atoms with E-state index in [1.165, 1.54) is 11.1 Å². The zero-order valence-electron chi connectivity index (χ0n) is 13.6. The first-order valence-corrected chi connectivity index (χ1v) is 9.19. The van der Waals surface area contributed by atoms with Crippen LogP contribution in [0.25, 0.3) is 0 Å². The number of halogens is 2. The number of aliphatic imine (C=N–C) groups is 1. The molecule has 2 aromatic carbocycles. The number of hydrogen-bond donors (Lipinski definition) is 1. The Bertz CT molecular complexity index is 931. The van der Waals surface area contributed by atoms with Crippen LogP contribution in [0.1, 0.15) is 5.56 Å². The normalized spacial score (nSPS) is 17.7. The number of carbonyl (C=O) groups excluding carboxylic acids is 2. The molecule has 0 spiro atoms. The Morgan fingerprint density at radius 3 is 2.58 bits per heavy atom. The molecular formula is C18H13BrClN3O2S. The lowest BCUT2D eigenvalue weighted by Crippen LogP contribution is -2.58. The molecule has 0 saturated carbocycles. The number of nitrogens with zero attached hydrogens (tertiary/aromatic N) is 2. The maximum Gasteiger partial charge on any atom is 0.251 e. The summed E-state index contributed by atoms with van der Waals surface area (Å²) in [5, 5.41) is 3.10. The van der Waals surface area contributed by atoms with Gasteiger partial charge in [0.05, 0.1) is 16.4 Å². The monoisotopic (exact) mass is 449 g/mol. The van der Waals surface area contributed by atoms with Gasteiger partial charge in [0.1, 0.15) is 0 Å². The molecule has 1 atom stereocenters. The van der Waals surface area contributed by atoms with Crippen LogP contribution in [-0.2, 0) is 9.59 Å². The quantitative estimate of drug-likeness (QED) is 0.433. The van der Waals surface area contributed by atoms with Crippen molar-refractivity contribution in [2.75, 3.05) is 4.90 Å². The second kappa shape index (κ2) is 7.65. The topological polar surface area (TPSA) is 61.8 Å². The summed E-state index contributed by atoms with van der Waals surface area (Å²) in [5.74, 6) is -2.03. The van der Waals surface area contributed by atoms with E-state index >= 15 is 0 Å². The van der Waals surface area contributed by atoms with Crippen molar-refractivity contribution < 1.29 is 9.59 Å². The highest BCUT2D eigenvalue weighted by Crippen LogP contribution is 2.27.